The third-order valence-electron chi connectivity index (χ3n) is 4.16. The van der Waals surface area contributed by atoms with Gasteiger partial charge in [-0.05, 0) is 38.1 Å². The van der Waals surface area contributed by atoms with Gasteiger partial charge in [-0.3, -0.25) is 9.78 Å². The molecule has 0 aliphatic heterocycles. The highest BCUT2D eigenvalue weighted by molar-refractivity contribution is 7.15. The Bertz CT molecular complexity index is 854. The Morgan fingerprint density at radius 3 is 2.68 bits per heavy atom. The maximum atomic E-state index is 12.7. The third kappa shape index (κ3) is 4.12. The summed E-state index contributed by atoms with van der Waals surface area (Å²) in [7, 11) is 1.83. The summed E-state index contributed by atoms with van der Waals surface area (Å²) in [5, 5.41) is 0.959. The molecule has 0 atom stereocenters. The molecule has 0 N–H and O–H groups in total. The minimum Gasteiger partial charge on any atom is -0.341 e. The molecule has 128 valence electrons. The second kappa shape index (κ2) is 7.57. The number of amides is 1. The normalized spacial score (nSPS) is 10.7. The van der Waals surface area contributed by atoms with Gasteiger partial charge in [-0.25, -0.2) is 4.98 Å². The van der Waals surface area contributed by atoms with Crippen LogP contribution < -0.4 is 0 Å². The van der Waals surface area contributed by atoms with Crippen molar-refractivity contribution in [2.45, 2.75) is 20.3 Å². The number of nitrogens with zero attached hydrogens (tertiary/aromatic N) is 3. The van der Waals surface area contributed by atoms with E-state index in [1.54, 1.807) is 22.4 Å². The van der Waals surface area contributed by atoms with Crippen molar-refractivity contribution >= 4 is 17.2 Å². The Labute approximate surface area is 152 Å². The van der Waals surface area contributed by atoms with Crippen LogP contribution in [0.15, 0.2) is 48.7 Å². The second-order valence-corrected chi connectivity index (χ2v) is 7.24. The number of aromatic nitrogens is 2. The summed E-state index contributed by atoms with van der Waals surface area (Å²) < 4.78 is 0. The highest BCUT2D eigenvalue weighted by Crippen LogP contribution is 2.28. The molecule has 5 heteroatoms. The molecule has 4 nitrogen and oxygen atoms in total. The Balaban J connectivity index is 1.72. The largest absolute Gasteiger partial charge is 0.341 e. The standard InChI is InChI=1S/C20H21N3OS/c1-14-15(2)25-19(22-14)16-7-6-8-17(13-16)20(24)23(3)12-10-18-9-4-5-11-21-18/h4-9,11,13H,10,12H2,1-3H3. The lowest BCUT2D eigenvalue weighted by atomic mass is 10.1. The number of rotatable bonds is 5. The molecular weight excluding hydrogens is 330 g/mol. The van der Waals surface area contributed by atoms with E-state index >= 15 is 0 Å². The molecule has 0 aliphatic carbocycles. The van der Waals surface area contributed by atoms with Crippen molar-refractivity contribution in [1.29, 1.82) is 0 Å². The van der Waals surface area contributed by atoms with Crippen LogP contribution in [0.5, 0.6) is 0 Å². The number of benzene rings is 1. The van der Waals surface area contributed by atoms with Gasteiger partial charge < -0.3 is 4.90 Å². The number of hydrogen-bond donors (Lipinski definition) is 0. The van der Waals surface area contributed by atoms with Crippen molar-refractivity contribution in [3.8, 4) is 10.6 Å². The van der Waals surface area contributed by atoms with E-state index in [0.717, 1.165) is 28.4 Å². The molecule has 25 heavy (non-hydrogen) atoms. The Kier molecular flexibility index (Phi) is 5.24. The summed E-state index contributed by atoms with van der Waals surface area (Å²) in [6.45, 7) is 4.71. The average molecular weight is 351 g/mol. The third-order valence-corrected chi connectivity index (χ3v) is 5.28. The number of thiazole rings is 1. The summed E-state index contributed by atoms with van der Waals surface area (Å²) in [6.07, 6.45) is 2.52. The molecule has 0 saturated carbocycles. The first-order valence-electron chi connectivity index (χ1n) is 8.24. The summed E-state index contributed by atoms with van der Waals surface area (Å²) in [6, 6.07) is 13.5. The molecule has 0 spiro atoms. The average Bonchev–Trinajstić information content (AvgIpc) is 2.99. The van der Waals surface area contributed by atoms with Crippen molar-refractivity contribution in [1.82, 2.24) is 14.9 Å². The number of carbonyl (C=O) groups excluding carboxylic acids is 1. The van der Waals surface area contributed by atoms with Crippen LogP contribution >= 0.6 is 11.3 Å². The zero-order valence-electron chi connectivity index (χ0n) is 14.7. The van der Waals surface area contributed by atoms with Crippen LogP contribution in [-0.4, -0.2) is 34.4 Å². The van der Waals surface area contributed by atoms with Gasteiger partial charge in [-0.15, -0.1) is 11.3 Å². The summed E-state index contributed by atoms with van der Waals surface area (Å²) in [5.74, 6) is 0.0165. The van der Waals surface area contributed by atoms with E-state index in [0.29, 0.717) is 12.1 Å². The number of hydrogen-bond acceptors (Lipinski definition) is 4. The molecule has 3 aromatic rings. The highest BCUT2D eigenvalue weighted by atomic mass is 32.1. The van der Waals surface area contributed by atoms with Gasteiger partial charge in [-0.1, -0.05) is 18.2 Å². The predicted octanol–water partition coefficient (Wildman–Crippen LogP) is 4.14. The minimum absolute atomic E-state index is 0.0165. The van der Waals surface area contributed by atoms with Crippen LogP contribution in [0.2, 0.25) is 0 Å². The number of pyridine rings is 1. The molecule has 0 bridgehead atoms. The van der Waals surface area contributed by atoms with Crippen LogP contribution in [0.1, 0.15) is 26.6 Å². The first-order valence-corrected chi connectivity index (χ1v) is 9.06. The van der Waals surface area contributed by atoms with Crippen LogP contribution in [0.25, 0.3) is 10.6 Å². The maximum Gasteiger partial charge on any atom is 0.253 e. The lowest BCUT2D eigenvalue weighted by molar-refractivity contribution is 0.0796. The zero-order chi connectivity index (χ0) is 17.8. The predicted molar refractivity (Wildman–Crippen MR) is 102 cm³/mol. The van der Waals surface area contributed by atoms with E-state index in [1.807, 2.05) is 56.4 Å². The minimum atomic E-state index is 0.0165. The van der Waals surface area contributed by atoms with Crippen molar-refractivity contribution < 1.29 is 4.79 Å². The molecule has 0 aliphatic rings. The summed E-state index contributed by atoms with van der Waals surface area (Å²) in [5.41, 5.74) is 3.71. The molecule has 0 unspecified atom stereocenters. The van der Waals surface area contributed by atoms with Gasteiger partial charge in [0.2, 0.25) is 0 Å². The number of likely N-dealkylation sites (N-methyl/N-ethyl adjacent to an activating group) is 1. The van der Waals surface area contributed by atoms with Crippen molar-refractivity contribution in [2.75, 3.05) is 13.6 Å². The van der Waals surface area contributed by atoms with E-state index in [4.69, 9.17) is 0 Å². The van der Waals surface area contributed by atoms with Gasteiger partial charge in [0.05, 0.1) is 5.69 Å². The fourth-order valence-corrected chi connectivity index (χ4v) is 3.44. The number of aryl methyl sites for hydroxylation is 2. The van der Waals surface area contributed by atoms with Crippen molar-refractivity contribution in [3.05, 3.63) is 70.5 Å². The lowest BCUT2D eigenvalue weighted by Gasteiger charge is -2.17. The first kappa shape index (κ1) is 17.3. The van der Waals surface area contributed by atoms with E-state index in [1.165, 1.54) is 4.88 Å². The van der Waals surface area contributed by atoms with E-state index in [2.05, 4.69) is 16.9 Å². The molecule has 2 aromatic heterocycles. The second-order valence-electron chi connectivity index (χ2n) is 6.04. The lowest BCUT2D eigenvalue weighted by Crippen LogP contribution is -2.29. The maximum absolute atomic E-state index is 12.7. The van der Waals surface area contributed by atoms with Crippen LogP contribution in [0, 0.1) is 13.8 Å². The fraction of sp³-hybridized carbons (Fsp3) is 0.250. The molecular formula is C20H21N3OS. The zero-order valence-corrected chi connectivity index (χ0v) is 15.5. The Hall–Kier alpha value is -2.53. The Morgan fingerprint density at radius 2 is 2.00 bits per heavy atom. The van der Waals surface area contributed by atoms with Gasteiger partial charge in [0.1, 0.15) is 5.01 Å². The molecule has 0 fully saturated rings. The molecule has 3 rings (SSSR count). The van der Waals surface area contributed by atoms with Gasteiger partial charge in [0, 0.05) is 47.9 Å². The summed E-state index contributed by atoms with van der Waals surface area (Å²) >= 11 is 1.66. The topological polar surface area (TPSA) is 46.1 Å². The highest BCUT2D eigenvalue weighted by Gasteiger charge is 2.14. The van der Waals surface area contributed by atoms with E-state index < -0.39 is 0 Å². The van der Waals surface area contributed by atoms with Crippen molar-refractivity contribution in [2.24, 2.45) is 0 Å². The molecule has 2 heterocycles. The fourth-order valence-electron chi connectivity index (χ4n) is 2.53. The van der Waals surface area contributed by atoms with Gasteiger partial charge in [0.25, 0.3) is 5.91 Å². The van der Waals surface area contributed by atoms with Crippen LogP contribution in [0.3, 0.4) is 0 Å². The monoisotopic (exact) mass is 351 g/mol. The Morgan fingerprint density at radius 1 is 1.16 bits per heavy atom. The van der Waals surface area contributed by atoms with E-state index in [9.17, 15) is 4.79 Å². The van der Waals surface area contributed by atoms with Gasteiger partial charge in [0.15, 0.2) is 0 Å². The van der Waals surface area contributed by atoms with Crippen molar-refractivity contribution in [3.63, 3.8) is 0 Å². The SMILES string of the molecule is Cc1nc(-c2cccc(C(=O)N(C)CCc3ccccn3)c2)sc1C. The van der Waals surface area contributed by atoms with Gasteiger partial charge >= 0.3 is 0 Å². The number of carbonyl (C=O) groups is 1. The van der Waals surface area contributed by atoms with E-state index in [-0.39, 0.29) is 5.91 Å². The molecule has 0 saturated heterocycles. The smallest absolute Gasteiger partial charge is 0.253 e. The first-order chi connectivity index (χ1) is 12.0. The quantitative estimate of drug-likeness (QED) is 0.694. The molecule has 1 aromatic carbocycles. The van der Waals surface area contributed by atoms with Crippen LogP contribution in [-0.2, 0) is 6.42 Å². The van der Waals surface area contributed by atoms with Gasteiger partial charge in [-0.2, -0.15) is 0 Å². The molecule has 0 radical (unpaired) electrons. The summed E-state index contributed by atoms with van der Waals surface area (Å²) in [4.78, 5) is 24.5. The van der Waals surface area contributed by atoms with Crippen LogP contribution in [0.4, 0.5) is 0 Å². The molecule has 1 amide bonds.